The van der Waals surface area contributed by atoms with Gasteiger partial charge in [-0.25, -0.2) is 0 Å². The molecule has 0 aromatic rings. The van der Waals surface area contributed by atoms with Gasteiger partial charge in [0.15, 0.2) is 12.6 Å². The third kappa shape index (κ3) is 39.5. The maximum atomic E-state index is 13.2. The first-order chi connectivity index (χ1) is 41.1. The van der Waals surface area contributed by atoms with Crippen LogP contribution in [-0.4, -0.2) is 140 Å². The number of hydrogen-bond acceptors (Lipinski definition) is 13. The molecule has 0 saturated carbocycles. The molecule has 2 aliphatic heterocycles. The molecule has 2 rings (SSSR count). The Hall–Kier alpha value is -1.53. The van der Waals surface area contributed by atoms with Gasteiger partial charge in [-0.05, 0) is 44.9 Å². The van der Waals surface area contributed by atoms with Crippen LogP contribution < -0.4 is 5.32 Å². The van der Waals surface area contributed by atoms with Crippen molar-refractivity contribution < 1.29 is 64.6 Å². The zero-order chi connectivity index (χ0) is 60.9. The van der Waals surface area contributed by atoms with E-state index in [9.17, 15) is 45.6 Å². The number of allylic oxidation sites excluding steroid dienone is 3. The van der Waals surface area contributed by atoms with E-state index in [1.165, 1.54) is 257 Å². The van der Waals surface area contributed by atoms with Gasteiger partial charge in [-0.1, -0.05) is 295 Å². The minimum Gasteiger partial charge on any atom is -0.394 e. The molecule has 14 nitrogen and oxygen atoms in total. The average Bonchev–Trinajstić information content (AvgIpc) is 2.95. The van der Waals surface area contributed by atoms with Crippen LogP contribution in [0.1, 0.15) is 322 Å². The summed E-state index contributed by atoms with van der Waals surface area (Å²) in [4.78, 5) is 13.2. The number of carbonyl (C=O) groups excluding carboxylic acids is 1. The number of nitrogens with one attached hydrogen (secondary N) is 1. The van der Waals surface area contributed by atoms with Crippen molar-refractivity contribution >= 4 is 5.91 Å². The molecule has 14 heteroatoms. The Morgan fingerprint density at radius 1 is 0.417 bits per heavy atom. The van der Waals surface area contributed by atoms with Gasteiger partial charge in [0, 0.05) is 6.42 Å². The SMILES string of the molecule is CCCCCCCCC/C=C/C(O)C(COC1OC(CO)C(OC2OC(CO)C(O)C(O)C2O)C(O)C1O)NC(=O)CCCCCCCCCCCCCCCCCCCCCCCCCCCCCCC/C=C\CCCCCCCCCC. The number of carbonyl (C=O) groups is 1. The Kier molecular flexibility index (Phi) is 51.9. The van der Waals surface area contributed by atoms with Gasteiger partial charge in [0.05, 0.1) is 32.0 Å². The molecular formula is C70H133NO13. The summed E-state index contributed by atoms with van der Waals surface area (Å²) in [5, 5.41) is 86.9. The quantitative estimate of drug-likeness (QED) is 0.0204. The summed E-state index contributed by atoms with van der Waals surface area (Å²) in [6.07, 6.45) is 53.1. The van der Waals surface area contributed by atoms with Gasteiger partial charge in [-0.2, -0.15) is 0 Å². The molecule has 84 heavy (non-hydrogen) atoms. The first-order valence-electron chi connectivity index (χ1n) is 35.6. The maximum absolute atomic E-state index is 13.2. The summed E-state index contributed by atoms with van der Waals surface area (Å²) in [5.41, 5.74) is 0. The molecular weight excluding hydrogens is 1060 g/mol. The van der Waals surface area contributed by atoms with E-state index in [-0.39, 0.29) is 18.9 Å². The van der Waals surface area contributed by atoms with Crippen molar-refractivity contribution in [1.29, 1.82) is 0 Å². The van der Waals surface area contributed by atoms with Gasteiger partial charge in [0.2, 0.25) is 5.91 Å². The van der Waals surface area contributed by atoms with Gasteiger partial charge in [-0.15, -0.1) is 0 Å². The molecule has 2 aliphatic rings. The highest BCUT2D eigenvalue weighted by molar-refractivity contribution is 5.76. The van der Waals surface area contributed by atoms with Crippen LogP contribution in [-0.2, 0) is 23.7 Å². The average molecular weight is 1200 g/mol. The normalized spacial score (nSPS) is 23.7. The van der Waals surface area contributed by atoms with Crippen LogP contribution in [0.5, 0.6) is 0 Å². The Bertz CT molecular complexity index is 1500. The molecule has 0 radical (unpaired) electrons. The van der Waals surface area contributed by atoms with Gasteiger partial charge in [0.25, 0.3) is 0 Å². The maximum Gasteiger partial charge on any atom is 0.220 e. The first kappa shape index (κ1) is 78.6. The molecule has 9 N–H and O–H groups in total. The van der Waals surface area contributed by atoms with E-state index in [1.807, 2.05) is 6.08 Å². The Morgan fingerprint density at radius 2 is 0.750 bits per heavy atom. The summed E-state index contributed by atoms with van der Waals surface area (Å²) in [5.74, 6) is -0.236. The summed E-state index contributed by atoms with van der Waals surface area (Å²) in [7, 11) is 0. The minimum absolute atomic E-state index is 0.236. The molecule has 12 unspecified atom stereocenters. The van der Waals surface area contributed by atoms with Crippen molar-refractivity contribution in [1.82, 2.24) is 5.32 Å². The van der Waals surface area contributed by atoms with Crippen molar-refractivity contribution in [2.45, 2.75) is 396 Å². The molecule has 0 spiro atoms. The number of aliphatic hydroxyl groups excluding tert-OH is 8. The highest BCUT2D eigenvalue weighted by Gasteiger charge is 2.51. The highest BCUT2D eigenvalue weighted by atomic mass is 16.7. The van der Waals surface area contributed by atoms with Gasteiger partial charge in [0.1, 0.15) is 48.8 Å². The fourth-order valence-electron chi connectivity index (χ4n) is 11.9. The largest absolute Gasteiger partial charge is 0.394 e. The lowest BCUT2D eigenvalue weighted by molar-refractivity contribution is -0.359. The van der Waals surface area contributed by atoms with Crippen molar-refractivity contribution in [3.63, 3.8) is 0 Å². The zero-order valence-electron chi connectivity index (χ0n) is 53.9. The zero-order valence-corrected chi connectivity index (χ0v) is 53.9. The molecule has 2 saturated heterocycles. The van der Waals surface area contributed by atoms with E-state index < -0.39 is 86.8 Å². The molecule has 0 aliphatic carbocycles. The lowest BCUT2D eigenvalue weighted by Gasteiger charge is -2.46. The molecule has 0 bridgehead atoms. The summed E-state index contributed by atoms with van der Waals surface area (Å²) < 4.78 is 22.7. The molecule has 496 valence electrons. The topological polar surface area (TPSA) is 228 Å². The van der Waals surface area contributed by atoms with Crippen molar-refractivity contribution in [3.05, 3.63) is 24.3 Å². The monoisotopic (exact) mass is 1200 g/mol. The minimum atomic E-state index is -1.79. The van der Waals surface area contributed by atoms with E-state index in [0.717, 1.165) is 38.5 Å². The second kappa shape index (κ2) is 55.5. The molecule has 1 amide bonds. The molecule has 2 fully saturated rings. The van der Waals surface area contributed by atoms with Crippen molar-refractivity contribution in [3.8, 4) is 0 Å². The van der Waals surface area contributed by atoms with Gasteiger partial charge in [-0.3, -0.25) is 4.79 Å². The van der Waals surface area contributed by atoms with Crippen LogP contribution >= 0.6 is 0 Å². The van der Waals surface area contributed by atoms with Crippen LogP contribution in [0.2, 0.25) is 0 Å². The standard InChI is InChI=1S/C70H133NO13/c1-3-5-7-9-11-13-14-15-16-17-18-19-20-21-22-23-24-25-26-27-28-29-30-31-32-33-34-35-36-37-38-39-40-41-42-43-44-46-48-50-52-54-62(75)71-58(59(74)53-51-49-47-45-12-10-8-6-4-2)57-81-69-67(80)65(78)68(61(56-73)83-69)84-70-66(79)64(77)63(76)60(55-72)82-70/h17-18,51,53,58-61,63-70,72-74,76-80H,3-16,19-50,52,54-57H2,1-2H3,(H,71,75)/b18-17-,53-51+. The Balaban J connectivity index is 1.48. The fraction of sp³-hybridized carbons (Fsp3) is 0.929. The number of unbranched alkanes of at least 4 members (excludes halogenated alkanes) is 44. The number of amides is 1. The molecule has 2 heterocycles. The lowest BCUT2D eigenvalue weighted by Crippen LogP contribution is -2.65. The van der Waals surface area contributed by atoms with Crippen LogP contribution in [0.25, 0.3) is 0 Å². The van der Waals surface area contributed by atoms with Crippen molar-refractivity contribution in [2.24, 2.45) is 0 Å². The van der Waals surface area contributed by atoms with E-state index in [1.54, 1.807) is 6.08 Å². The van der Waals surface area contributed by atoms with E-state index in [4.69, 9.17) is 18.9 Å². The molecule has 0 aromatic heterocycles. The van der Waals surface area contributed by atoms with E-state index in [0.29, 0.717) is 6.42 Å². The number of aliphatic hydroxyl groups is 8. The molecule has 12 atom stereocenters. The predicted octanol–water partition coefficient (Wildman–Crippen LogP) is 14.3. The number of rotatable bonds is 59. The second-order valence-electron chi connectivity index (χ2n) is 25.4. The second-order valence-corrected chi connectivity index (χ2v) is 25.4. The van der Waals surface area contributed by atoms with Crippen LogP contribution in [0.4, 0.5) is 0 Å². The smallest absolute Gasteiger partial charge is 0.220 e. The third-order valence-corrected chi connectivity index (χ3v) is 17.6. The lowest BCUT2D eigenvalue weighted by atomic mass is 9.97. The summed E-state index contributed by atoms with van der Waals surface area (Å²) >= 11 is 0. The van der Waals surface area contributed by atoms with Crippen LogP contribution in [0, 0.1) is 0 Å². The Labute approximate surface area is 513 Å². The van der Waals surface area contributed by atoms with Crippen LogP contribution in [0.3, 0.4) is 0 Å². The number of hydrogen-bond donors (Lipinski definition) is 9. The fourth-order valence-corrected chi connectivity index (χ4v) is 11.9. The number of ether oxygens (including phenoxy) is 4. The van der Waals surface area contributed by atoms with E-state index >= 15 is 0 Å². The Morgan fingerprint density at radius 3 is 1.13 bits per heavy atom. The first-order valence-corrected chi connectivity index (χ1v) is 35.6. The predicted molar refractivity (Wildman–Crippen MR) is 342 cm³/mol. The van der Waals surface area contributed by atoms with E-state index in [2.05, 4.69) is 31.3 Å². The highest BCUT2D eigenvalue weighted by Crippen LogP contribution is 2.30. The van der Waals surface area contributed by atoms with Crippen molar-refractivity contribution in [2.75, 3.05) is 19.8 Å². The summed E-state index contributed by atoms with van der Waals surface area (Å²) in [6, 6.07) is -0.909. The van der Waals surface area contributed by atoms with Gasteiger partial charge >= 0.3 is 0 Å². The third-order valence-electron chi connectivity index (χ3n) is 17.6. The van der Waals surface area contributed by atoms with Crippen LogP contribution in [0.15, 0.2) is 24.3 Å². The summed E-state index contributed by atoms with van der Waals surface area (Å²) in [6.45, 7) is 2.79. The van der Waals surface area contributed by atoms with Gasteiger partial charge < -0.3 is 65.1 Å². The molecule has 0 aromatic carbocycles.